The molecule has 1 saturated heterocycles. The maximum absolute atomic E-state index is 13.4. The number of fused-ring (bicyclic) bond motifs is 1. The highest BCUT2D eigenvalue weighted by Crippen LogP contribution is 2.30. The lowest BCUT2D eigenvalue weighted by Gasteiger charge is -2.38. The zero-order valence-corrected chi connectivity index (χ0v) is 21.4. The molecule has 3 aromatic rings. The number of para-hydroxylation sites is 1. The van der Waals surface area contributed by atoms with Crippen molar-refractivity contribution >= 4 is 33.7 Å². The highest BCUT2D eigenvalue weighted by atomic mass is 32.2. The number of amides is 2. The quantitative estimate of drug-likeness (QED) is 0.427. The van der Waals surface area contributed by atoms with Crippen molar-refractivity contribution in [2.75, 3.05) is 37.2 Å². The normalized spacial score (nSPS) is 16.1. The Labute approximate surface area is 216 Å². The third-order valence-electron chi connectivity index (χ3n) is 6.90. The molecular formula is C26H30F3N4O3S-. The molecule has 11 heteroatoms. The second-order valence-corrected chi connectivity index (χ2v) is 10.3. The van der Waals surface area contributed by atoms with E-state index in [1.165, 1.54) is 12.1 Å². The van der Waals surface area contributed by atoms with Gasteiger partial charge in [-0.15, -0.1) is 0 Å². The maximum atomic E-state index is 13.4. The predicted octanol–water partition coefficient (Wildman–Crippen LogP) is 4.62. The van der Waals surface area contributed by atoms with Gasteiger partial charge in [0.25, 0.3) is 0 Å². The van der Waals surface area contributed by atoms with Gasteiger partial charge in [0.1, 0.15) is 0 Å². The second-order valence-electron chi connectivity index (χ2n) is 9.31. The lowest BCUT2D eigenvalue weighted by Crippen LogP contribution is -2.50. The van der Waals surface area contributed by atoms with Crippen LogP contribution in [0, 0.1) is 0 Å². The first-order chi connectivity index (χ1) is 17.6. The van der Waals surface area contributed by atoms with Crippen LogP contribution < -0.4 is 5.32 Å². The molecule has 4 rings (SSSR count). The summed E-state index contributed by atoms with van der Waals surface area (Å²) in [5.74, 6) is 0.0733. The smallest absolute Gasteiger partial charge is 0.416 e. The predicted molar refractivity (Wildman–Crippen MR) is 137 cm³/mol. The summed E-state index contributed by atoms with van der Waals surface area (Å²) in [7, 11) is 1.98. The third-order valence-corrected chi connectivity index (χ3v) is 7.41. The number of carbonyl (C=O) groups is 1. The highest BCUT2D eigenvalue weighted by molar-refractivity contribution is 7.79. The number of piperidine rings is 1. The van der Waals surface area contributed by atoms with Crippen molar-refractivity contribution in [3.8, 4) is 0 Å². The molecular weight excluding hydrogens is 505 g/mol. The number of nitrogens with zero attached hydrogens (tertiary/aromatic N) is 3. The van der Waals surface area contributed by atoms with E-state index in [0.717, 1.165) is 28.6 Å². The van der Waals surface area contributed by atoms with E-state index >= 15 is 0 Å². The van der Waals surface area contributed by atoms with Crippen molar-refractivity contribution in [2.24, 2.45) is 7.05 Å². The van der Waals surface area contributed by atoms with Gasteiger partial charge in [0.15, 0.2) is 0 Å². The Morgan fingerprint density at radius 1 is 1.14 bits per heavy atom. The summed E-state index contributed by atoms with van der Waals surface area (Å²) in [4.78, 5) is 17.2. The van der Waals surface area contributed by atoms with Crippen LogP contribution in [0.1, 0.15) is 24.0 Å². The van der Waals surface area contributed by atoms with Gasteiger partial charge in [0, 0.05) is 67.8 Å². The molecule has 0 saturated carbocycles. The van der Waals surface area contributed by atoms with Crippen LogP contribution in [0.4, 0.5) is 23.7 Å². The van der Waals surface area contributed by atoms with E-state index in [9.17, 15) is 26.7 Å². The molecule has 1 atom stereocenters. The molecule has 7 nitrogen and oxygen atoms in total. The van der Waals surface area contributed by atoms with Gasteiger partial charge in [-0.2, -0.15) is 13.2 Å². The Morgan fingerprint density at radius 2 is 1.81 bits per heavy atom. The molecule has 2 amide bonds. The van der Waals surface area contributed by atoms with Crippen molar-refractivity contribution in [3.63, 3.8) is 0 Å². The molecule has 1 fully saturated rings. The number of urea groups is 1. The average Bonchev–Trinajstić information content (AvgIpc) is 3.19. The molecule has 0 spiro atoms. The fraction of sp³-hybridized carbons (Fsp3) is 0.423. The van der Waals surface area contributed by atoms with Crippen LogP contribution >= 0.6 is 0 Å². The number of benzene rings is 2. The second kappa shape index (κ2) is 11.7. The summed E-state index contributed by atoms with van der Waals surface area (Å²) in [5.41, 5.74) is 1.73. The monoisotopic (exact) mass is 535 g/mol. The number of hydrogen-bond donors (Lipinski definition) is 1. The van der Waals surface area contributed by atoms with Crippen LogP contribution in [-0.2, 0) is 30.7 Å². The molecule has 37 heavy (non-hydrogen) atoms. The fourth-order valence-electron chi connectivity index (χ4n) is 4.91. The summed E-state index contributed by atoms with van der Waals surface area (Å²) in [6.45, 7) is 2.23. The minimum Gasteiger partial charge on any atom is -0.772 e. The standard InChI is InChI=1S/C26H31F3N4O3S/c1-31-18-19(23-4-2-3-5-24(23)31)10-15-33(22-11-13-32(14-12-22)16-17-37(35)36)25(34)30-21-8-6-20(7-9-21)26(27,28)29/h2-9,18,22H,10-17H2,1H3,(H,30,34)(H,35,36)/p-1. The van der Waals surface area contributed by atoms with Crippen molar-refractivity contribution in [2.45, 2.75) is 31.5 Å². The first-order valence-electron chi connectivity index (χ1n) is 12.2. The zero-order valence-electron chi connectivity index (χ0n) is 20.5. The number of aryl methyl sites for hydroxylation is 1. The third kappa shape index (κ3) is 6.91. The van der Waals surface area contributed by atoms with Gasteiger partial charge in [-0.05, 0) is 55.2 Å². The largest absolute Gasteiger partial charge is 0.772 e. The Bertz CT molecular complexity index is 1240. The van der Waals surface area contributed by atoms with Gasteiger partial charge in [-0.3, -0.25) is 4.21 Å². The van der Waals surface area contributed by atoms with E-state index in [1.807, 2.05) is 25.2 Å². The lowest BCUT2D eigenvalue weighted by atomic mass is 10.0. The molecule has 1 unspecified atom stereocenters. The molecule has 1 aromatic heterocycles. The van der Waals surface area contributed by atoms with Crippen LogP contribution in [0.3, 0.4) is 0 Å². The Kier molecular flexibility index (Phi) is 8.56. The van der Waals surface area contributed by atoms with Crippen LogP contribution in [-0.4, -0.2) is 67.1 Å². The maximum Gasteiger partial charge on any atom is 0.416 e. The van der Waals surface area contributed by atoms with E-state index in [-0.39, 0.29) is 17.8 Å². The minimum absolute atomic E-state index is 0.0709. The lowest BCUT2D eigenvalue weighted by molar-refractivity contribution is -0.137. The van der Waals surface area contributed by atoms with Crippen LogP contribution in [0.25, 0.3) is 10.9 Å². The molecule has 1 aliphatic rings. The van der Waals surface area contributed by atoms with Gasteiger partial charge in [-0.1, -0.05) is 29.3 Å². The molecule has 0 bridgehead atoms. The van der Waals surface area contributed by atoms with Gasteiger partial charge in [-0.25, -0.2) is 4.79 Å². The van der Waals surface area contributed by atoms with Crippen LogP contribution in [0.15, 0.2) is 54.7 Å². The molecule has 0 aliphatic carbocycles. The number of anilines is 1. The van der Waals surface area contributed by atoms with Gasteiger partial charge >= 0.3 is 12.2 Å². The summed E-state index contributed by atoms with van der Waals surface area (Å²) in [5, 5.41) is 3.89. The van der Waals surface area contributed by atoms with E-state index in [2.05, 4.69) is 27.0 Å². The van der Waals surface area contributed by atoms with Gasteiger partial charge in [0.2, 0.25) is 0 Å². The molecule has 1 N–H and O–H groups in total. The summed E-state index contributed by atoms with van der Waals surface area (Å²) < 4.78 is 62.7. The van der Waals surface area contributed by atoms with Crippen molar-refractivity contribution in [1.29, 1.82) is 0 Å². The SMILES string of the molecule is Cn1cc(CCN(C(=O)Nc2ccc(C(F)(F)F)cc2)C2CCN(CCS(=O)[O-])CC2)c2ccccc21. The molecule has 0 radical (unpaired) electrons. The number of hydrogen-bond acceptors (Lipinski definition) is 4. The van der Waals surface area contributed by atoms with Crippen molar-refractivity contribution in [1.82, 2.24) is 14.4 Å². The van der Waals surface area contributed by atoms with E-state index < -0.39 is 22.8 Å². The summed E-state index contributed by atoms with van der Waals surface area (Å²) in [6.07, 6.45) is -0.401. The van der Waals surface area contributed by atoms with E-state index in [4.69, 9.17) is 0 Å². The summed E-state index contributed by atoms with van der Waals surface area (Å²) >= 11 is -2.09. The number of halogens is 3. The fourth-order valence-corrected chi connectivity index (χ4v) is 5.32. The molecule has 200 valence electrons. The minimum atomic E-state index is -4.44. The number of alkyl halides is 3. The molecule has 2 aromatic carbocycles. The zero-order chi connectivity index (χ0) is 26.6. The first kappa shape index (κ1) is 27.2. The number of likely N-dealkylation sites (tertiary alicyclic amines) is 1. The Hall–Kier alpha value is -2.89. The van der Waals surface area contributed by atoms with Gasteiger partial charge in [0.05, 0.1) is 5.56 Å². The molecule has 2 heterocycles. The number of aromatic nitrogens is 1. The van der Waals surface area contributed by atoms with Crippen LogP contribution in [0.2, 0.25) is 0 Å². The van der Waals surface area contributed by atoms with Crippen molar-refractivity contribution < 1.29 is 26.7 Å². The summed E-state index contributed by atoms with van der Waals surface area (Å²) in [6, 6.07) is 12.0. The highest BCUT2D eigenvalue weighted by Gasteiger charge is 2.31. The van der Waals surface area contributed by atoms with Crippen molar-refractivity contribution in [3.05, 3.63) is 65.9 Å². The van der Waals surface area contributed by atoms with E-state index in [0.29, 0.717) is 51.1 Å². The van der Waals surface area contributed by atoms with E-state index in [1.54, 1.807) is 4.90 Å². The number of nitrogens with one attached hydrogen (secondary N) is 1. The van der Waals surface area contributed by atoms with Crippen LogP contribution in [0.5, 0.6) is 0 Å². The number of rotatable bonds is 8. The number of carbonyl (C=O) groups excluding carboxylic acids is 1. The Balaban J connectivity index is 1.48. The molecule has 1 aliphatic heterocycles. The topological polar surface area (TPSA) is 80.6 Å². The Morgan fingerprint density at radius 3 is 2.46 bits per heavy atom. The van der Waals surface area contributed by atoms with Gasteiger partial charge < -0.3 is 24.2 Å². The first-order valence-corrected chi connectivity index (χ1v) is 13.4. The average molecular weight is 536 g/mol.